The SMILES string of the molecule is C=CC(=O)Nc1cccc(C2c3cnc(NCCN4CCOCC4)nc3NC(=O)N2C)c1. The molecule has 4 rings (SSSR count). The van der Waals surface area contributed by atoms with Crippen LogP contribution in [0.25, 0.3) is 0 Å². The molecule has 3 amide bonds. The van der Waals surface area contributed by atoms with E-state index in [1.807, 2.05) is 18.2 Å². The molecular weight excluding hydrogens is 410 g/mol. The zero-order valence-electron chi connectivity index (χ0n) is 18.0. The highest BCUT2D eigenvalue weighted by Gasteiger charge is 2.32. The number of anilines is 3. The molecule has 10 heteroatoms. The molecule has 1 atom stereocenters. The number of hydrogen-bond acceptors (Lipinski definition) is 7. The zero-order valence-corrected chi connectivity index (χ0v) is 18.0. The number of hydrogen-bond donors (Lipinski definition) is 3. The molecule has 0 aliphatic carbocycles. The Hall–Kier alpha value is -3.50. The number of benzene rings is 1. The summed E-state index contributed by atoms with van der Waals surface area (Å²) in [5, 5.41) is 8.82. The highest BCUT2D eigenvalue weighted by atomic mass is 16.5. The van der Waals surface area contributed by atoms with Crippen LogP contribution in [0.1, 0.15) is 17.2 Å². The van der Waals surface area contributed by atoms with Crippen LogP contribution < -0.4 is 16.0 Å². The minimum absolute atomic E-state index is 0.263. The van der Waals surface area contributed by atoms with Gasteiger partial charge < -0.3 is 20.3 Å². The minimum atomic E-state index is -0.387. The first kappa shape index (κ1) is 21.7. The first-order chi connectivity index (χ1) is 15.5. The second-order valence-electron chi connectivity index (χ2n) is 7.64. The molecule has 1 unspecified atom stereocenters. The van der Waals surface area contributed by atoms with E-state index in [1.54, 1.807) is 24.2 Å². The number of carbonyl (C=O) groups excluding carboxylic acids is 2. The molecule has 0 spiro atoms. The van der Waals surface area contributed by atoms with Crippen LogP contribution in [0.2, 0.25) is 0 Å². The lowest BCUT2D eigenvalue weighted by molar-refractivity contribution is -0.111. The Labute approximate surface area is 186 Å². The summed E-state index contributed by atoms with van der Waals surface area (Å²) >= 11 is 0. The van der Waals surface area contributed by atoms with Crippen molar-refractivity contribution in [1.82, 2.24) is 19.8 Å². The van der Waals surface area contributed by atoms with Gasteiger partial charge in [-0.2, -0.15) is 4.98 Å². The van der Waals surface area contributed by atoms with E-state index >= 15 is 0 Å². The largest absolute Gasteiger partial charge is 0.379 e. The number of ether oxygens (including phenoxy) is 1. The fraction of sp³-hybridized carbons (Fsp3) is 0.364. The molecular formula is C22H27N7O3. The van der Waals surface area contributed by atoms with Crippen LogP contribution in [0, 0.1) is 0 Å². The lowest BCUT2D eigenvalue weighted by Gasteiger charge is -2.34. The third kappa shape index (κ3) is 4.87. The molecule has 2 aliphatic heterocycles. The molecule has 32 heavy (non-hydrogen) atoms. The van der Waals surface area contributed by atoms with Crippen molar-refractivity contribution in [2.45, 2.75) is 6.04 Å². The van der Waals surface area contributed by atoms with Crippen LogP contribution in [-0.4, -0.2) is 78.1 Å². The van der Waals surface area contributed by atoms with Gasteiger partial charge in [0.05, 0.1) is 19.3 Å². The van der Waals surface area contributed by atoms with E-state index in [2.05, 4.69) is 37.4 Å². The summed E-state index contributed by atoms with van der Waals surface area (Å²) in [4.78, 5) is 37.2. The number of nitrogens with zero attached hydrogens (tertiary/aromatic N) is 4. The van der Waals surface area contributed by atoms with Crippen LogP contribution in [-0.2, 0) is 9.53 Å². The van der Waals surface area contributed by atoms with E-state index in [0.717, 1.165) is 44.0 Å². The maximum absolute atomic E-state index is 12.6. The van der Waals surface area contributed by atoms with Gasteiger partial charge in [-0.05, 0) is 23.8 Å². The summed E-state index contributed by atoms with van der Waals surface area (Å²) in [6.07, 6.45) is 2.94. The van der Waals surface area contributed by atoms with E-state index in [1.165, 1.54) is 6.08 Å². The quantitative estimate of drug-likeness (QED) is 0.568. The Balaban J connectivity index is 1.52. The zero-order chi connectivity index (χ0) is 22.5. The van der Waals surface area contributed by atoms with Crippen molar-refractivity contribution >= 4 is 29.4 Å². The molecule has 1 aromatic heterocycles. The first-order valence-corrected chi connectivity index (χ1v) is 10.5. The summed E-state index contributed by atoms with van der Waals surface area (Å²) in [6.45, 7) is 8.39. The summed E-state index contributed by atoms with van der Waals surface area (Å²) < 4.78 is 5.37. The molecule has 2 aliphatic rings. The Morgan fingerprint density at radius 1 is 1.38 bits per heavy atom. The van der Waals surface area contributed by atoms with Gasteiger partial charge in [0, 0.05) is 50.7 Å². The van der Waals surface area contributed by atoms with Crippen LogP contribution in [0.15, 0.2) is 43.1 Å². The molecule has 0 saturated carbocycles. The lowest BCUT2D eigenvalue weighted by Crippen LogP contribution is -2.41. The smallest absolute Gasteiger partial charge is 0.323 e. The van der Waals surface area contributed by atoms with Crippen molar-refractivity contribution in [3.8, 4) is 0 Å². The second kappa shape index (κ2) is 9.75. The molecule has 10 nitrogen and oxygen atoms in total. The van der Waals surface area contributed by atoms with Crippen molar-refractivity contribution in [2.24, 2.45) is 0 Å². The normalized spacial score (nSPS) is 18.5. The van der Waals surface area contributed by atoms with Crippen molar-refractivity contribution < 1.29 is 14.3 Å². The van der Waals surface area contributed by atoms with E-state index < -0.39 is 0 Å². The summed E-state index contributed by atoms with van der Waals surface area (Å²) in [6, 6.07) is 6.70. The second-order valence-corrected chi connectivity index (χ2v) is 7.64. The minimum Gasteiger partial charge on any atom is -0.379 e. The topological polar surface area (TPSA) is 112 Å². The molecule has 1 saturated heterocycles. The number of morpholine rings is 1. The average Bonchev–Trinajstić information content (AvgIpc) is 2.81. The molecule has 1 fully saturated rings. The third-order valence-electron chi connectivity index (χ3n) is 5.51. The van der Waals surface area contributed by atoms with Crippen molar-refractivity contribution in [1.29, 1.82) is 0 Å². The third-order valence-corrected chi connectivity index (χ3v) is 5.51. The fourth-order valence-corrected chi connectivity index (χ4v) is 3.83. The standard InChI is InChI=1S/C22H27N7O3/c1-3-18(30)25-16-6-4-5-15(13-16)19-17-14-24-21(26-20(17)27-22(31)28(19)2)23-7-8-29-9-11-32-12-10-29/h3-6,13-14,19H,1,7-12H2,2H3,(H,25,30)(H2,23,24,26,27,31). The van der Waals surface area contributed by atoms with Gasteiger partial charge in [0.25, 0.3) is 0 Å². The Bertz CT molecular complexity index is 1010. The van der Waals surface area contributed by atoms with E-state index in [9.17, 15) is 9.59 Å². The first-order valence-electron chi connectivity index (χ1n) is 10.5. The molecule has 3 N–H and O–H groups in total. The van der Waals surface area contributed by atoms with Crippen LogP contribution in [0.3, 0.4) is 0 Å². The van der Waals surface area contributed by atoms with E-state index in [0.29, 0.717) is 24.0 Å². The highest BCUT2D eigenvalue weighted by molar-refractivity contribution is 5.99. The van der Waals surface area contributed by atoms with Gasteiger partial charge >= 0.3 is 6.03 Å². The average molecular weight is 438 g/mol. The van der Waals surface area contributed by atoms with E-state index in [-0.39, 0.29) is 18.0 Å². The maximum Gasteiger partial charge on any atom is 0.323 e. The summed E-state index contributed by atoms with van der Waals surface area (Å²) in [5.74, 6) is 0.642. The molecule has 168 valence electrons. The molecule has 2 aromatic rings. The van der Waals surface area contributed by atoms with Gasteiger partial charge in [0.2, 0.25) is 11.9 Å². The number of aromatic nitrogens is 2. The van der Waals surface area contributed by atoms with Crippen LogP contribution >= 0.6 is 0 Å². The Morgan fingerprint density at radius 3 is 2.97 bits per heavy atom. The van der Waals surface area contributed by atoms with Gasteiger partial charge in [-0.15, -0.1) is 0 Å². The predicted molar refractivity (Wildman–Crippen MR) is 122 cm³/mol. The number of fused-ring (bicyclic) bond motifs is 1. The Kier molecular flexibility index (Phi) is 6.62. The maximum atomic E-state index is 12.6. The van der Waals surface area contributed by atoms with Crippen molar-refractivity contribution in [2.75, 3.05) is 62.4 Å². The Morgan fingerprint density at radius 2 is 2.19 bits per heavy atom. The van der Waals surface area contributed by atoms with Gasteiger partial charge in [-0.3, -0.25) is 15.0 Å². The molecule has 1 aromatic carbocycles. The molecule has 3 heterocycles. The van der Waals surface area contributed by atoms with Gasteiger partial charge in [-0.25, -0.2) is 9.78 Å². The van der Waals surface area contributed by atoms with Crippen LogP contribution in [0.4, 0.5) is 22.2 Å². The number of rotatable bonds is 7. The predicted octanol–water partition coefficient (Wildman–Crippen LogP) is 1.91. The highest BCUT2D eigenvalue weighted by Crippen LogP contribution is 2.36. The monoisotopic (exact) mass is 437 g/mol. The van der Waals surface area contributed by atoms with Crippen LogP contribution in [0.5, 0.6) is 0 Å². The summed E-state index contributed by atoms with van der Waals surface area (Å²) in [5.41, 5.74) is 2.23. The number of carbonyl (C=O) groups is 2. The van der Waals surface area contributed by atoms with Gasteiger partial charge in [-0.1, -0.05) is 18.7 Å². The number of amides is 3. The number of nitrogens with one attached hydrogen (secondary N) is 3. The molecule has 0 bridgehead atoms. The fourth-order valence-electron chi connectivity index (χ4n) is 3.83. The molecule has 0 radical (unpaired) electrons. The van der Waals surface area contributed by atoms with Gasteiger partial charge in [0.15, 0.2) is 0 Å². The summed E-state index contributed by atoms with van der Waals surface area (Å²) in [7, 11) is 1.71. The van der Waals surface area contributed by atoms with Gasteiger partial charge in [0.1, 0.15) is 5.82 Å². The van der Waals surface area contributed by atoms with Crippen molar-refractivity contribution in [3.05, 3.63) is 54.2 Å². The van der Waals surface area contributed by atoms with Crippen molar-refractivity contribution in [3.63, 3.8) is 0 Å². The van der Waals surface area contributed by atoms with E-state index in [4.69, 9.17) is 4.74 Å². The lowest BCUT2D eigenvalue weighted by atomic mass is 9.97. The number of urea groups is 1.